The van der Waals surface area contributed by atoms with Crippen LogP contribution in [0.2, 0.25) is 0 Å². The molecule has 0 aromatic heterocycles. The molecule has 10 heavy (non-hydrogen) atoms. The molecule has 0 unspecified atom stereocenters. The number of rotatable bonds is 3. The summed E-state index contributed by atoms with van der Waals surface area (Å²) in [4.78, 5) is 0. The summed E-state index contributed by atoms with van der Waals surface area (Å²) in [5.74, 6) is 0.832. The van der Waals surface area contributed by atoms with Crippen molar-refractivity contribution >= 4 is 0 Å². The van der Waals surface area contributed by atoms with Crippen LogP contribution in [0.3, 0.4) is 0 Å². The van der Waals surface area contributed by atoms with E-state index in [-0.39, 0.29) is 0 Å². The van der Waals surface area contributed by atoms with Crippen molar-refractivity contribution < 1.29 is 4.74 Å². The molecular formula is C9H14O. The number of allylic oxidation sites excluding steroid dienone is 4. The lowest BCUT2D eigenvalue weighted by molar-refractivity contribution is 0.301. The van der Waals surface area contributed by atoms with Gasteiger partial charge in [0.1, 0.15) is 5.76 Å². The van der Waals surface area contributed by atoms with E-state index >= 15 is 0 Å². The van der Waals surface area contributed by atoms with E-state index < -0.39 is 0 Å². The first-order valence-electron chi connectivity index (χ1n) is 3.25. The molecule has 0 aliphatic carbocycles. The van der Waals surface area contributed by atoms with Gasteiger partial charge in [-0.3, -0.25) is 0 Å². The summed E-state index contributed by atoms with van der Waals surface area (Å²) in [7, 11) is 1.64. The summed E-state index contributed by atoms with van der Waals surface area (Å²) in [6.45, 7) is 7.63. The summed E-state index contributed by atoms with van der Waals surface area (Å²) >= 11 is 0. The van der Waals surface area contributed by atoms with Crippen molar-refractivity contribution in [1.29, 1.82) is 0 Å². The van der Waals surface area contributed by atoms with Crippen LogP contribution in [-0.2, 0) is 4.74 Å². The molecule has 1 nitrogen and oxygen atoms in total. The summed E-state index contributed by atoms with van der Waals surface area (Å²) < 4.78 is 5.02. The van der Waals surface area contributed by atoms with Gasteiger partial charge in [-0.15, -0.1) is 0 Å². The molecule has 0 aromatic rings. The van der Waals surface area contributed by atoms with E-state index in [1.807, 2.05) is 32.1 Å². The minimum atomic E-state index is 0.832. The summed E-state index contributed by atoms with van der Waals surface area (Å²) in [5, 5.41) is 0. The zero-order valence-electron chi connectivity index (χ0n) is 6.85. The van der Waals surface area contributed by atoms with Gasteiger partial charge >= 0.3 is 0 Å². The quantitative estimate of drug-likeness (QED) is 0.430. The van der Waals surface area contributed by atoms with Gasteiger partial charge in [0.2, 0.25) is 0 Å². The van der Waals surface area contributed by atoms with Crippen LogP contribution in [0.1, 0.15) is 13.8 Å². The molecule has 0 fully saturated rings. The van der Waals surface area contributed by atoms with Gasteiger partial charge in [-0.05, 0) is 25.5 Å². The molecule has 0 N–H and O–H groups in total. The van der Waals surface area contributed by atoms with Crippen LogP contribution in [-0.4, -0.2) is 7.11 Å². The van der Waals surface area contributed by atoms with E-state index in [1.165, 1.54) is 0 Å². The molecular weight excluding hydrogens is 124 g/mol. The van der Waals surface area contributed by atoms with Crippen LogP contribution >= 0.6 is 0 Å². The van der Waals surface area contributed by atoms with Gasteiger partial charge in [0.15, 0.2) is 0 Å². The second-order valence-electron chi connectivity index (χ2n) is 2.04. The molecule has 0 heterocycles. The van der Waals surface area contributed by atoms with Gasteiger partial charge in [-0.2, -0.15) is 0 Å². The highest BCUT2D eigenvalue weighted by Gasteiger charge is 1.91. The van der Waals surface area contributed by atoms with Crippen LogP contribution in [0.5, 0.6) is 0 Å². The zero-order valence-corrected chi connectivity index (χ0v) is 6.85. The fourth-order valence-corrected chi connectivity index (χ4v) is 0.568. The van der Waals surface area contributed by atoms with Gasteiger partial charge in [-0.25, -0.2) is 0 Å². The number of hydrogen-bond donors (Lipinski definition) is 0. The van der Waals surface area contributed by atoms with Gasteiger partial charge in [-0.1, -0.05) is 18.7 Å². The Hall–Kier alpha value is -0.980. The molecule has 0 aromatic carbocycles. The van der Waals surface area contributed by atoms with Gasteiger partial charge < -0.3 is 4.74 Å². The number of ether oxygens (including phenoxy) is 1. The highest BCUT2D eigenvalue weighted by molar-refractivity contribution is 5.24. The van der Waals surface area contributed by atoms with E-state index in [1.54, 1.807) is 7.11 Å². The Labute approximate surface area is 62.7 Å². The Kier molecular flexibility index (Phi) is 4.38. The Morgan fingerprint density at radius 3 is 2.40 bits per heavy atom. The third-order valence-electron chi connectivity index (χ3n) is 1.08. The van der Waals surface area contributed by atoms with Crippen molar-refractivity contribution in [1.82, 2.24) is 0 Å². The first-order chi connectivity index (χ1) is 4.72. The molecule has 0 saturated heterocycles. The number of methoxy groups -OCH3 is 1. The maximum absolute atomic E-state index is 5.02. The largest absolute Gasteiger partial charge is 0.497 e. The van der Waals surface area contributed by atoms with Crippen molar-refractivity contribution in [3.05, 3.63) is 36.1 Å². The molecule has 56 valence electrons. The average Bonchev–Trinajstić information content (AvgIpc) is 1.89. The monoisotopic (exact) mass is 138 g/mol. The molecule has 0 radical (unpaired) electrons. The predicted molar refractivity (Wildman–Crippen MR) is 44.7 cm³/mol. The van der Waals surface area contributed by atoms with Crippen molar-refractivity contribution in [2.75, 3.05) is 7.11 Å². The first kappa shape index (κ1) is 9.02. The number of hydrogen-bond acceptors (Lipinski definition) is 1. The third-order valence-corrected chi connectivity index (χ3v) is 1.08. The van der Waals surface area contributed by atoms with Gasteiger partial charge in [0.05, 0.1) is 7.11 Å². The molecule has 0 saturated carbocycles. The Balaban J connectivity index is 4.18. The SMILES string of the molecule is C=C(C)/C(=C\C=C/C)OC. The van der Waals surface area contributed by atoms with Crippen molar-refractivity contribution in [2.24, 2.45) is 0 Å². The minimum absolute atomic E-state index is 0.832. The maximum Gasteiger partial charge on any atom is 0.121 e. The molecule has 0 amide bonds. The predicted octanol–water partition coefficient (Wildman–Crippen LogP) is 2.67. The molecule has 1 heteroatoms. The van der Waals surface area contributed by atoms with Crippen LogP contribution in [0, 0.1) is 0 Å². The van der Waals surface area contributed by atoms with Crippen LogP contribution in [0.25, 0.3) is 0 Å². The van der Waals surface area contributed by atoms with E-state index in [0.717, 1.165) is 11.3 Å². The molecule has 0 bridgehead atoms. The Morgan fingerprint density at radius 2 is 2.10 bits per heavy atom. The molecule has 0 rings (SSSR count). The smallest absolute Gasteiger partial charge is 0.121 e. The van der Waals surface area contributed by atoms with Crippen LogP contribution < -0.4 is 0 Å². The van der Waals surface area contributed by atoms with Crippen molar-refractivity contribution in [3.8, 4) is 0 Å². The Morgan fingerprint density at radius 1 is 1.50 bits per heavy atom. The molecule has 0 spiro atoms. The minimum Gasteiger partial charge on any atom is -0.497 e. The lowest BCUT2D eigenvalue weighted by Gasteiger charge is -2.01. The van der Waals surface area contributed by atoms with E-state index in [0.29, 0.717) is 0 Å². The lowest BCUT2D eigenvalue weighted by atomic mass is 10.2. The molecule has 0 atom stereocenters. The van der Waals surface area contributed by atoms with Gasteiger partial charge in [0, 0.05) is 0 Å². The third kappa shape index (κ3) is 3.13. The normalized spacial score (nSPS) is 12.1. The summed E-state index contributed by atoms with van der Waals surface area (Å²) in [5.41, 5.74) is 0.945. The maximum atomic E-state index is 5.02. The molecule has 0 aliphatic heterocycles. The highest BCUT2D eigenvalue weighted by Crippen LogP contribution is 2.06. The highest BCUT2D eigenvalue weighted by atomic mass is 16.5. The van der Waals surface area contributed by atoms with Crippen LogP contribution in [0.15, 0.2) is 36.1 Å². The van der Waals surface area contributed by atoms with Crippen molar-refractivity contribution in [3.63, 3.8) is 0 Å². The van der Waals surface area contributed by atoms with E-state index in [2.05, 4.69) is 6.58 Å². The summed E-state index contributed by atoms with van der Waals surface area (Å²) in [6, 6.07) is 0. The summed E-state index contributed by atoms with van der Waals surface area (Å²) in [6.07, 6.45) is 5.76. The fourth-order valence-electron chi connectivity index (χ4n) is 0.568. The topological polar surface area (TPSA) is 9.23 Å². The van der Waals surface area contributed by atoms with Crippen molar-refractivity contribution in [2.45, 2.75) is 13.8 Å². The first-order valence-corrected chi connectivity index (χ1v) is 3.25. The molecule has 0 aliphatic rings. The van der Waals surface area contributed by atoms with Crippen LogP contribution in [0.4, 0.5) is 0 Å². The second kappa shape index (κ2) is 4.86. The van der Waals surface area contributed by atoms with E-state index in [4.69, 9.17) is 4.74 Å². The average molecular weight is 138 g/mol. The van der Waals surface area contributed by atoms with Gasteiger partial charge in [0.25, 0.3) is 0 Å². The second-order valence-corrected chi connectivity index (χ2v) is 2.04. The standard InChI is InChI=1S/C9H14O/c1-5-6-7-9(10-4)8(2)3/h5-7H,2H2,1,3-4H3/b6-5-,9-7+. The lowest BCUT2D eigenvalue weighted by Crippen LogP contribution is -1.85. The van der Waals surface area contributed by atoms with E-state index in [9.17, 15) is 0 Å². The fraction of sp³-hybridized carbons (Fsp3) is 0.333. The zero-order chi connectivity index (χ0) is 7.98. The Bertz CT molecular complexity index is 164.